The van der Waals surface area contributed by atoms with Crippen LogP contribution in [0.3, 0.4) is 0 Å². The molecule has 0 radical (unpaired) electrons. The van der Waals surface area contributed by atoms with Crippen LogP contribution in [0.4, 0.5) is 0 Å². The third-order valence-corrected chi connectivity index (χ3v) is 6.75. The molecule has 2 aliphatic heterocycles. The van der Waals surface area contributed by atoms with E-state index in [9.17, 15) is 0 Å². The molecule has 2 N–H and O–H groups in total. The molecule has 7 heteroatoms. The Balaban J connectivity index is 1.68. The first-order valence-electron chi connectivity index (χ1n) is 11.4. The summed E-state index contributed by atoms with van der Waals surface area (Å²) in [5.41, 5.74) is 2.48. The summed E-state index contributed by atoms with van der Waals surface area (Å²) in [4.78, 5) is 6.97. The fraction of sp³-hybridized carbons (Fsp3) is 0.708. The zero-order chi connectivity index (χ0) is 22.3. The zero-order valence-electron chi connectivity index (χ0n) is 19.9. The van der Waals surface area contributed by atoms with Crippen LogP contribution in [0.5, 0.6) is 5.75 Å². The van der Waals surface area contributed by atoms with E-state index < -0.39 is 0 Å². The van der Waals surface area contributed by atoms with Gasteiger partial charge in [-0.15, -0.1) is 0 Å². The van der Waals surface area contributed by atoms with Crippen LogP contribution in [0.1, 0.15) is 37.8 Å². The molecule has 174 valence electrons. The predicted octanol–water partition coefficient (Wildman–Crippen LogP) is 2.33. The lowest BCUT2D eigenvalue weighted by Crippen LogP contribution is -2.57. The van der Waals surface area contributed by atoms with Crippen molar-refractivity contribution in [3.63, 3.8) is 0 Å². The largest absolute Gasteiger partial charge is 0.496 e. The molecule has 0 bridgehead atoms. The SMILES string of the molecule is CN=C(NCC1(c2cc(C)ccc2OC)CCOCC1)NCC(C)(C)N1CCOCC1. The number of nitrogens with zero attached hydrogens (tertiary/aromatic N) is 2. The third-order valence-electron chi connectivity index (χ3n) is 6.75. The molecule has 0 atom stereocenters. The number of benzene rings is 1. The van der Waals surface area contributed by atoms with Crippen molar-refractivity contribution in [1.82, 2.24) is 15.5 Å². The van der Waals surface area contributed by atoms with Gasteiger partial charge < -0.3 is 24.8 Å². The van der Waals surface area contributed by atoms with Crippen LogP contribution in [0.15, 0.2) is 23.2 Å². The molecule has 0 unspecified atom stereocenters. The Morgan fingerprint density at radius 3 is 2.45 bits per heavy atom. The maximum absolute atomic E-state index is 5.74. The number of methoxy groups -OCH3 is 1. The standard InChI is InChI=1S/C24H40N4O3/c1-19-6-7-21(29-5)20(16-19)24(8-12-30-13-9-24)18-27-22(25-4)26-17-23(2,3)28-10-14-31-15-11-28/h6-7,16H,8-15,17-18H2,1-5H3,(H2,25,26,27). The van der Waals surface area contributed by atoms with Crippen molar-refractivity contribution in [2.45, 2.75) is 44.6 Å². The van der Waals surface area contributed by atoms with E-state index in [1.54, 1.807) is 7.11 Å². The number of ether oxygens (including phenoxy) is 3. The highest BCUT2D eigenvalue weighted by atomic mass is 16.5. The molecule has 2 heterocycles. The number of aliphatic imine (C=N–C) groups is 1. The molecule has 1 aromatic rings. The maximum Gasteiger partial charge on any atom is 0.191 e. The number of guanidine groups is 1. The van der Waals surface area contributed by atoms with Crippen molar-refractivity contribution in [1.29, 1.82) is 0 Å². The minimum Gasteiger partial charge on any atom is -0.496 e. The summed E-state index contributed by atoms with van der Waals surface area (Å²) >= 11 is 0. The van der Waals surface area contributed by atoms with Gasteiger partial charge >= 0.3 is 0 Å². The zero-order valence-corrected chi connectivity index (χ0v) is 19.9. The summed E-state index contributed by atoms with van der Waals surface area (Å²) in [7, 11) is 3.59. The third kappa shape index (κ3) is 5.90. The van der Waals surface area contributed by atoms with Crippen LogP contribution >= 0.6 is 0 Å². The normalized spacial score (nSPS) is 20.4. The Morgan fingerprint density at radius 1 is 1.13 bits per heavy atom. The molecule has 0 saturated carbocycles. The summed E-state index contributed by atoms with van der Waals surface area (Å²) in [5.74, 6) is 1.78. The highest BCUT2D eigenvalue weighted by molar-refractivity contribution is 5.79. The first kappa shape index (κ1) is 23.8. The molecule has 0 aliphatic carbocycles. The minimum absolute atomic E-state index is 0.0253. The summed E-state index contributed by atoms with van der Waals surface area (Å²) in [6.45, 7) is 13.4. The van der Waals surface area contributed by atoms with Crippen LogP contribution in [0.2, 0.25) is 0 Å². The Labute approximate surface area is 187 Å². The molecule has 2 saturated heterocycles. The monoisotopic (exact) mass is 432 g/mol. The van der Waals surface area contributed by atoms with E-state index in [1.165, 1.54) is 11.1 Å². The van der Waals surface area contributed by atoms with Gasteiger partial charge in [0.25, 0.3) is 0 Å². The predicted molar refractivity (Wildman–Crippen MR) is 125 cm³/mol. The molecule has 1 aromatic carbocycles. The van der Waals surface area contributed by atoms with Crippen molar-refractivity contribution >= 4 is 5.96 Å². The molecule has 0 spiro atoms. The Bertz CT molecular complexity index is 738. The molecule has 0 aromatic heterocycles. The van der Waals surface area contributed by atoms with E-state index in [-0.39, 0.29) is 11.0 Å². The molecule has 31 heavy (non-hydrogen) atoms. The summed E-state index contributed by atoms with van der Waals surface area (Å²) < 4.78 is 17.0. The first-order valence-corrected chi connectivity index (χ1v) is 11.4. The van der Waals surface area contributed by atoms with Crippen LogP contribution in [-0.2, 0) is 14.9 Å². The Kier molecular flexibility index (Phi) is 8.19. The number of hydrogen-bond acceptors (Lipinski definition) is 5. The molecular formula is C24H40N4O3. The van der Waals surface area contributed by atoms with Gasteiger partial charge in [-0.3, -0.25) is 9.89 Å². The highest BCUT2D eigenvalue weighted by Crippen LogP contribution is 2.40. The average Bonchev–Trinajstić information content (AvgIpc) is 2.80. The van der Waals surface area contributed by atoms with Crippen LogP contribution < -0.4 is 15.4 Å². The number of nitrogens with one attached hydrogen (secondary N) is 2. The molecule has 2 fully saturated rings. The van der Waals surface area contributed by atoms with Gasteiger partial charge in [-0.25, -0.2) is 0 Å². The van der Waals surface area contributed by atoms with Crippen molar-refractivity contribution < 1.29 is 14.2 Å². The lowest BCUT2D eigenvalue weighted by molar-refractivity contribution is -0.00835. The van der Waals surface area contributed by atoms with Crippen molar-refractivity contribution in [2.24, 2.45) is 4.99 Å². The second-order valence-corrected chi connectivity index (χ2v) is 9.29. The van der Waals surface area contributed by atoms with Crippen molar-refractivity contribution in [3.05, 3.63) is 29.3 Å². The first-order chi connectivity index (χ1) is 14.9. The highest BCUT2D eigenvalue weighted by Gasteiger charge is 2.37. The quantitative estimate of drug-likeness (QED) is 0.509. The molecule has 3 rings (SSSR count). The van der Waals surface area contributed by atoms with E-state index >= 15 is 0 Å². The molecule has 2 aliphatic rings. The van der Waals surface area contributed by atoms with Gasteiger partial charge in [0.15, 0.2) is 5.96 Å². The van der Waals surface area contributed by atoms with Gasteiger partial charge in [-0.1, -0.05) is 17.7 Å². The van der Waals surface area contributed by atoms with Crippen LogP contribution in [0.25, 0.3) is 0 Å². The maximum atomic E-state index is 5.74. The number of hydrogen-bond donors (Lipinski definition) is 2. The van der Waals surface area contributed by atoms with Gasteiger partial charge in [-0.05, 0) is 39.7 Å². The smallest absolute Gasteiger partial charge is 0.191 e. The van der Waals surface area contributed by atoms with Gasteiger partial charge in [0, 0.05) is 63.0 Å². The van der Waals surface area contributed by atoms with Crippen molar-refractivity contribution in [2.75, 3.05) is 66.8 Å². The number of aryl methyl sites for hydroxylation is 1. The fourth-order valence-electron chi connectivity index (χ4n) is 4.59. The summed E-state index contributed by atoms with van der Waals surface area (Å²) in [6.07, 6.45) is 1.91. The number of morpholine rings is 1. The van der Waals surface area contributed by atoms with E-state index in [4.69, 9.17) is 14.2 Å². The average molecular weight is 433 g/mol. The summed E-state index contributed by atoms with van der Waals surface area (Å²) in [5, 5.41) is 7.16. The van der Waals surface area contributed by atoms with Gasteiger partial charge in [-0.2, -0.15) is 0 Å². The van der Waals surface area contributed by atoms with Gasteiger partial charge in [0.2, 0.25) is 0 Å². The van der Waals surface area contributed by atoms with Crippen molar-refractivity contribution in [3.8, 4) is 5.75 Å². The van der Waals surface area contributed by atoms with E-state index in [0.29, 0.717) is 0 Å². The van der Waals surface area contributed by atoms with E-state index in [1.807, 2.05) is 7.05 Å². The molecule has 7 nitrogen and oxygen atoms in total. The van der Waals surface area contributed by atoms with E-state index in [2.05, 4.69) is 59.5 Å². The fourth-order valence-corrected chi connectivity index (χ4v) is 4.59. The van der Waals surface area contributed by atoms with Crippen LogP contribution in [-0.4, -0.2) is 83.2 Å². The molecular weight excluding hydrogens is 392 g/mol. The van der Waals surface area contributed by atoms with Crippen LogP contribution in [0, 0.1) is 6.92 Å². The lowest BCUT2D eigenvalue weighted by Gasteiger charge is -2.41. The Hall–Kier alpha value is -1.83. The second-order valence-electron chi connectivity index (χ2n) is 9.29. The van der Waals surface area contributed by atoms with Gasteiger partial charge in [0.1, 0.15) is 5.75 Å². The molecule has 0 amide bonds. The van der Waals surface area contributed by atoms with E-state index in [0.717, 1.165) is 77.2 Å². The van der Waals surface area contributed by atoms with Gasteiger partial charge in [0.05, 0.1) is 20.3 Å². The number of rotatable bonds is 7. The topological polar surface area (TPSA) is 67.4 Å². The minimum atomic E-state index is -0.0487. The second kappa shape index (κ2) is 10.7. The summed E-state index contributed by atoms with van der Waals surface area (Å²) in [6, 6.07) is 6.46. The lowest BCUT2D eigenvalue weighted by atomic mass is 9.73. The Morgan fingerprint density at radius 2 is 1.81 bits per heavy atom.